The first-order valence-electron chi connectivity index (χ1n) is 5.92. The van der Waals surface area contributed by atoms with Crippen LogP contribution in [0.4, 0.5) is 5.69 Å². The summed E-state index contributed by atoms with van der Waals surface area (Å²) in [5.41, 5.74) is 0.369. The number of benzene rings is 1. The van der Waals surface area contributed by atoms with Gasteiger partial charge in [-0.05, 0) is 26.0 Å². The molecule has 0 aliphatic carbocycles. The number of aliphatic imine (C=N–C) groups is 1. The van der Waals surface area contributed by atoms with Crippen molar-refractivity contribution in [1.29, 1.82) is 0 Å². The summed E-state index contributed by atoms with van der Waals surface area (Å²) in [6.45, 7) is 3.29. The Morgan fingerprint density at radius 2 is 1.90 bits per heavy atom. The van der Waals surface area contributed by atoms with E-state index in [1.54, 1.807) is 6.92 Å². The second-order valence-electron chi connectivity index (χ2n) is 3.93. The third-order valence-corrected chi connectivity index (χ3v) is 2.23. The first kappa shape index (κ1) is 15.5. The number of nitro groups is 1. The molecule has 1 aromatic carbocycles. The van der Waals surface area contributed by atoms with Gasteiger partial charge in [-0.2, -0.15) is 4.99 Å². The summed E-state index contributed by atoms with van der Waals surface area (Å²) in [7, 11) is 0. The molecule has 0 fully saturated rings. The zero-order valence-corrected chi connectivity index (χ0v) is 11.2. The monoisotopic (exact) mass is 278 g/mol. The van der Waals surface area contributed by atoms with Crippen molar-refractivity contribution in [1.82, 2.24) is 0 Å². The number of rotatable bonds is 5. The summed E-state index contributed by atoms with van der Waals surface area (Å²) in [6, 6.07) is 5.46. The number of non-ortho nitro benzene ring substituents is 1. The van der Waals surface area contributed by atoms with Crippen LogP contribution in [-0.2, 0) is 14.3 Å². The zero-order valence-electron chi connectivity index (χ0n) is 11.2. The molecule has 1 rings (SSSR count). The maximum atomic E-state index is 11.5. The lowest BCUT2D eigenvalue weighted by molar-refractivity contribution is -0.384. The molecule has 0 saturated carbocycles. The summed E-state index contributed by atoms with van der Waals surface area (Å²) in [5.74, 6) is -0.855. The molecule has 0 radical (unpaired) electrons. The van der Waals surface area contributed by atoms with E-state index in [0.717, 1.165) is 0 Å². The summed E-state index contributed by atoms with van der Waals surface area (Å²) >= 11 is 0. The summed E-state index contributed by atoms with van der Waals surface area (Å²) < 4.78 is 5.23. The Labute approximate surface area is 115 Å². The number of Topliss-reactive ketones (excluding diaryl/α,β-unsaturated/α-hetero) is 1. The SMILES string of the molecule is CCOC(=NC(=O)CC(C)=O)c1ccc([N+](=O)[O-])cc1. The fourth-order valence-electron chi connectivity index (χ4n) is 1.41. The van der Waals surface area contributed by atoms with E-state index in [0.29, 0.717) is 5.56 Å². The number of nitro benzene ring substituents is 1. The molecule has 106 valence electrons. The summed E-state index contributed by atoms with van der Waals surface area (Å²) in [4.78, 5) is 36.1. The van der Waals surface area contributed by atoms with Gasteiger partial charge in [0.1, 0.15) is 5.78 Å². The zero-order chi connectivity index (χ0) is 15.1. The lowest BCUT2D eigenvalue weighted by Gasteiger charge is -2.06. The second-order valence-corrected chi connectivity index (χ2v) is 3.93. The van der Waals surface area contributed by atoms with Crippen LogP contribution in [-0.4, -0.2) is 29.1 Å². The molecular weight excluding hydrogens is 264 g/mol. The van der Waals surface area contributed by atoms with Crippen molar-refractivity contribution in [3.05, 3.63) is 39.9 Å². The van der Waals surface area contributed by atoms with E-state index in [-0.39, 0.29) is 30.4 Å². The predicted octanol–water partition coefficient (Wildman–Crippen LogP) is 1.88. The van der Waals surface area contributed by atoms with Crippen molar-refractivity contribution in [2.24, 2.45) is 4.99 Å². The van der Waals surface area contributed by atoms with E-state index < -0.39 is 10.8 Å². The highest BCUT2D eigenvalue weighted by Gasteiger charge is 2.12. The molecule has 0 bridgehead atoms. The van der Waals surface area contributed by atoms with Gasteiger partial charge in [-0.3, -0.25) is 19.7 Å². The van der Waals surface area contributed by atoms with Crippen LogP contribution in [0, 0.1) is 10.1 Å². The van der Waals surface area contributed by atoms with Gasteiger partial charge in [-0.1, -0.05) is 0 Å². The molecule has 0 heterocycles. The normalized spacial score (nSPS) is 11.0. The number of carbonyl (C=O) groups excluding carboxylic acids is 2. The van der Waals surface area contributed by atoms with Crippen LogP contribution in [0.1, 0.15) is 25.8 Å². The average Bonchev–Trinajstić information content (AvgIpc) is 2.37. The van der Waals surface area contributed by atoms with E-state index in [1.807, 2.05) is 0 Å². The van der Waals surface area contributed by atoms with Crippen molar-refractivity contribution in [2.45, 2.75) is 20.3 Å². The minimum Gasteiger partial charge on any atom is -0.477 e. The smallest absolute Gasteiger partial charge is 0.269 e. The first-order valence-corrected chi connectivity index (χ1v) is 5.92. The molecule has 7 nitrogen and oxygen atoms in total. The number of hydrogen-bond acceptors (Lipinski definition) is 5. The molecule has 20 heavy (non-hydrogen) atoms. The third kappa shape index (κ3) is 4.60. The Balaban J connectivity index is 3.00. The van der Waals surface area contributed by atoms with Crippen LogP contribution in [0.15, 0.2) is 29.3 Å². The topological polar surface area (TPSA) is 98.9 Å². The molecule has 1 aromatic rings. The van der Waals surface area contributed by atoms with E-state index >= 15 is 0 Å². The highest BCUT2D eigenvalue weighted by molar-refractivity contribution is 6.06. The molecule has 0 N–H and O–H groups in total. The number of hydrogen-bond donors (Lipinski definition) is 0. The Kier molecular flexibility index (Phi) is 5.52. The second kappa shape index (κ2) is 7.13. The largest absolute Gasteiger partial charge is 0.477 e. The molecular formula is C13H14N2O5. The minimum atomic E-state index is -0.612. The molecule has 1 amide bonds. The van der Waals surface area contributed by atoms with Gasteiger partial charge in [-0.15, -0.1) is 0 Å². The van der Waals surface area contributed by atoms with Crippen LogP contribution >= 0.6 is 0 Å². The van der Waals surface area contributed by atoms with E-state index in [2.05, 4.69) is 4.99 Å². The van der Waals surface area contributed by atoms with Crippen molar-refractivity contribution >= 4 is 23.3 Å². The van der Waals surface area contributed by atoms with Gasteiger partial charge in [0.2, 0.25) is 5.90 Å². The highest BCUT2D eigenvalue weighted by Crippen LogP contribution is 2.13. The maximum absolute atomic E-state index is 11.5. The highest BCUT2D eigenvalue weighted by atomic mass is 16.6. The molecule has 0 aromatic heterocycles. The van der Waals surface area contributed by atoms with Crippen LogP contribution in [0.2, 0.25) is 0 Å². The summed E-state index contributed by atoms with van der Waals surface area (Å²) in [5, 5.41) is 10.6. The van der Waals surface area contributed by atoms with Crippen molar-refractivity contribution < 1.29 is 19.2 Å². The number of ketones is 1. The third-order valence-electron chi connectivity index (χ3n) is 2.23. The molecule has 7 heteroatoms. The molecule has 0 unspecified atom stereocenters. The quantitative estimate of drug-likeness (QED) is 0.269. The Hall–Kier alpha value is -2.57. The molecule has 0 atom stereocenters. The van der Waals surface area contributed by atoms with Crippen molar-refractivity contribution in [3.63, 3.8) is 0 Å². The Morgan fingerprint density at radius 1 is 1.30 bits per heavy atom. The van der Waals surface area contributed by atoms with E-state index in [1.165, 1.54) is 31.2 Å². The Bertz CT molecular complexity index is 548. The van der Waals surface area contributed by atoms with Crippen molar-refractivity contribution in [3.8, 4) is 0 Å². The Morgan fingerprint density at radius 3 is 2.35 bits per heavy atom. The van der Waals surface area contributed by atoms with Gasteiger partial charge >= 0.3 is 0 Å². The van der Waals surface area contributed by atoms with E-state index in [9.17, 15) is 19.7 Å². The van der Waals surface area contributed by atoms with Crippen LogP contribution in [0.25, 0.3) is 0 Å². The fourth-order valence-corrected chi connectivity index (χ4v) is 1.41. The van der Waals surface area contributed by atoms with E-state index in [4.69, 9.17) is 4.74 Å². The maximum Gasteiger partial charge on any atom is 0.269 e. The average molecular weight is 278 g/mol. The standard InChI is InChI=1S/C13H14N2O5/c1-3-20-13(14-12(17)8-9(2)16)10-4-6-11(7-5-10)15(18)19/h4-7H,3,8H2,1-2H3. The predicted molar refractivity (Wildman–Crippen MR) is 71.6 cm³/mol. The lowest BCUT2D eigenvalue weighted by atomic mass is 10.2. The molecule has 0 saturated heterocycles. The first-order chi connectivity index (χ1) is 9.43. The van der Waals surface area contributed by atoms with Gasteiger partial charge in [0.25, 0.3) is 11.6 Å². The lowest BCUT2D eigenvalue weighted by Crippen LogP contribution is -2.11. The van der Waals surface area contributed by atoms with Crippen LogP contribution in [0.5, 0.6) is 0 Å². The molecule has 0 aliphatic rings. The van der Waals surface area contributed by atoms with Gasteiger partial charge in [0, 0.05) is 17.7 Å². The van der Waals surface area contributed by atoms with Gasteiger partial charge in [0.15, 0.2) is 0 Å². The molecule has 0 aliphatic heterocycles. The molecule has 0 spiro atoms. The fraction of sp³-hybridized carbons (Fsp3) is 0.308. The van der Waals surface area contributed by atoms with Crippen LogP contribution in [0.3, 0.4) is 0 Å². The summed E-state index contributed by atoms with van der Waals surface area (Å²) in [6.07, 6.45) is -0.302. The van der Waals surface area contributed by atoms with Crippen LogP contribution < -0.4 is 0 Å². The van der Waals surface area contributed by atoms with Crippen molar-refractivity contribution in [2.75, 3.05) is 6.61 Å². The number of nitrogens with zero attached hydrogens (tertiary/aromatic N) is 2. The minimum absolute atomic E-state index is 0.0497. The van der Waals surface area contributed by atoms with Gasteiger partial charge in [-0.25, -0.2) is 0 Å². The van der Waals surface area contributed by atoms with Gasteiger partial charge < -0.3 is 4.74 Å². The number of ether oxygens (including phenoxy) is 1. The van der Waals surface area contributed by atoms with Gasteiger partial charge in [0.05, 0.1) is 18.0 Å². The number of carbonyl (C=O) groups is 2. The number of amides is 1.